The van der Waals surface area contributed by atoms with E-state index in [-0.39, 0.29) is 0 Å². The van der Waals surface area contributed by atoms with Crippen molar-refractivity contribution in [1.82, 2.24) is 4.98 Å². The van der Waals surface area contributed by atoms with Crippen LogP contribution in [0.1, 0.15) is 36.4 Å². The summed E-state index contributed by atoms with van der Waals surface area (Å²) in [4.78, 5) is 4.59. The lowest BCUT2D eigenvalue weighted by atomic mass is 10.0. The van der Waals surface area contributed by atoms with E-state index < -0.39 is 0 Å². The van der Waals surface area contributed by atoms with Crippen molar-refractivity contribution in [2.75, 3.05) is 5.73 Å². The van der Waals surface area contributed by atoms with E-state index in [0.29, 0.717) is 5.92 Å². The molecule has 92 valence electrons. The molecule has 0 aliphatic rings. The SMILES string of the molecule is Cc1c(N)c(C)c2oc(CC(C)C)nc2c1C. The first kappa shape index (κ1) is 12.0. The topological polar surface area (TPSA) is 52.0 Å². The van der Waals surface area contributed by atoms with E-state index in [2.05, 4.69) is 25.8 Å². The van der Waals surface area contributed by atoms with Gasteiger partial charge in [0.2, 0.25) is 0 Å². The first-order valence-electron chi connectivity index (χ1n) is 6.06. The summed E-state index contributed by atoms with van der Waals surface area (Å²) in [5.74, 6) is 1.35. The van der Waals surface area contributed by atoms with Gasteiger partial charge >= 0.3 is 0 Å². The Labute approximate surface area is 102 Å². The quantitative estimate of drug-likeness (QED) is 0.806. The molecule has 0 aliphatic carbocycles. The van der Waals surface area contributed by atoms with Crippen molar-refractivity contribution in [2.24, 2.45) is 5.92 Å². The number of hydrogen-bond acceptors (Lipinski definition) is 3. The summed E-state index contributed by atoms with van der Waals surface area (Å²) in [6.07, 6.45) is 0.868. The van der Waals surface area contributed by atoms with Crippen LogP contribution in [-0.4, -0.2) is 4.98 Å². The minimum absolute atomic E-state index is 0.544. The lowest BCUT2D eigenvalue weighted by Gasteiger charge is -2.07. The van der Waals surface area contributed by atoms with Gasteiger partial charge in [0.05, 0.1) is 0 Å². The number of nitrogens with zero attached hydrogens (tertiary/aromatic N) is 1. The highest BCUT2D eigenvalue weighted by atomic mass is 16.3. The van der Waals surface area contributed by atoms with E-state index >= 15 is 0 Å². The molecule has 1 aromatic carbocycles. The maximum atomic E-state index is 6.07. The number of oxazole rings is 1. The molecule has 2 aromatic rings. The van der Waals surface area contributed by atoms with Crippen molar-refractivity contribution >= 4 is 16.8 Å². The van der Waals surface area contributed by atoms with Crippen LogP contribution in [0, 0.1) is 26.7 Å². The number of benzene rings is 1. The Morgan fingerprint density at radius 3 is 2.35 bits per heavy atom. The number of nitrogens with two attached hydrogens (primary N) is 1. The number of fused-ring (bicyclic) bond motifs is 1. The molecular formula is C14H20N2O. The molecule has 0 amide bonds. The molecule has 0 fully saturated rings. The fourth-order valence-corrected chi connectivity index (χ4v) is 2.09. The van der Waals surface area contributed by atoms with Gasteiger partial charge in [-0.15, -0.1) is 0 Å². The summed E-state index contributed by atoms with van der Waals surface area (Å²) < 4.78 is 5.84. The maximum Gasteiger partial charge on any atom is 0.195 e. The van der Waals surface area contributed by atoms with Gasteiger partial charge < -0.3 is 10.2 Å². The zero-order chi connectivity index (χ0) is 12.7. The third-order valence-electron chi connectivity index (χ3n) is 3.32. The van der Waals surface area contributed by atoms with E-state index in [9.17, 15) is 0 Å². The van der Waals surface area contributed by atoms with Gasteiger partial charge in [-0.05, 0) is 37.8 Å². The molecule has 0 bridgehead atoms. The third kappa shape index (κ3) is 1.90. The van der Waals surface area contributed by atoms with E-state index in [1.165, 1.54) is 0 Å². The normalized spacial score (nSPS) is 11.6. The second kappa shape index (κ2) is 4.06. The van der Waals surface area contributed by atoms with E-state index in [4.69, 9.17) is 10.2 Å². The highest BCUT2D eigenvalue weighted by Crippen LogP contribution is 2.31. The number of nitrogen functional groups attached to an aromatic ring is 1. The summed E-state index contributed by atoms with van der Waals surface area (Å²) in [6, 6.07) is 0. The fourth-order valence-electron chi connectivity index (χ4n) is 2.09. The molecule has 0 saturated carbocycles. The minimum Gasteiger partial charge on any atom is -0.440 e. The van der Waals surface area contributed by atoms with Gasteiger partial charge in [-0.1, -0.05) is 13.8 Å². The Bertz CT molecular complexity index is 522. The average molecular weight is 232 g/mol. The lowest BCUT2D eigenvalue weighted by Crippen LogP contribution is -1.97. The molecular weight excluding hydrogens is 212 g/mol. The largest absolute Gasteiger partial charge is 0.440 e. The minimum atomic E-state index is 0.544. The van der Waals surface area contributed by atoms with Gasteiger partial charge in [-0.25, -0.2) is 4.98 Å². The molecule has 0 spiro atoms. The van der Waals surface area contributed by atoms with Gasteiger partial charge in [0.15, 0.2) is 11.5 Å². The van der Waals surface area contributed by atoms with Gasteiger partial charge in [0.1, 0.15) is 5.52 Å². The molecule has 1 heterocycles. The molecule has 0 saturated heterocycles. The van der Waals surface area contributed by atoms with Crippen molar-refractivity contribution < 1.29 is 4.42 Å². The zero-order valence-electron chi connectivity index (χ0n) is 11.2. The van der Waals surface area contributed by atoms with E-state index in [1.54, 1.807) is 0 Å². The molecule has 2 N–H and O–H groups in total. The molecule has 0 unspecified atom stereocenters. The Kier molecular flexibility index (Phi) is 2.86. The van der Waals surface area contributed by atoms with Gasteiger partial charge in [-0.2, -0.15) is 0 Å². The van der Waals surface area contributed by atoms with Crippen LogP contribution in [0.15, 0.2) is 4.42 Å². The number of anilines is 1. The van der Waals surface area contributed by atoms with Crippen molar-refractivity contribution in [1.29, 1.82) is 0 Å². The first-order chi connectivity index (χ1) is 7.91. The number of aromatic nitrogens is 1. The van der Waals surface area contributed by atoms with Gasteiger partial charge in [0.25, 0.3) is 0 Å². The molecule has 2 rings (SSSR count). The highest BCUT2D eigenvalue weighted by molar-refractivity contribution is 5.87. The highest BCUT2D eigenvalue weighted by Gasteiger charge is 2.16. The zero-order valence-corrected chi connectivity index (χ0v) is 11.2. The van der Waals surface area contributed by atoms with Crippen molar-refractivity contribution in [3.05, 3.63) is 22.6 Å². The number of rotatable bonds is 2. The maximum absolute atomic E-state index is 6.07. The monoisotopic (exact) mass is 232 g/mol. The lowest BCUT2D eigenvalue weighted by molar-refractivity contribution is 0.481. The fraction of sp³-hybridized carbons (Fsp3) is 0.500. The van der Waals surface area contributed by atoms with Crippen LogP contribution in [0.4, 0.5) is 5.69 Å². The Balaban J connectivity index is 2.68. The number of hydrogen-bond donors (Lipinski definition) is 1. The third-order valence-corrected chi connectivity index (χ3v) is 3.32. The van der Waals surface area contributed by atoms with Crippen molar-refractivity contribution in [3.63, 3.8) is 0 Å². The smallest absolute Gasteiger partial charge is 0.195 e. The van der Waals surface area contributed by atoms with Gasteiger partial charge in [-0.3, -0.25) is 0 Å². The molecule has 0 aliphatic heterocycles. The summed E-state index contributed by atoms with van der Waals surface area (Å²) in [6.45, 7) is 10.4. The van der Waals surface area contributed by atoms with E-state index in [1.807, 2.05) is 13.8 Å². The summed E-state index contributed by atoms with van der Waals surface area (Å²) in [7, 11) is 0. The number of aryl methyl sites for hydroxylation is 2. The Hall–Kier alpha value is -1.51. The van der Waals surface area contributed by atoms with Crippen molar-refractivity contribution in [3.8, 4) is 0 Å². The van der Waals surface area contributed by atoms with Crippen molar-refractivity contribution in [2.45, 2.75) is 41.0 Å². The second-order valence-electron chi connectivity index (χ2n) is 5.17. The molecule has 3 heteroatoms. The van der Waals surface area contributed by atoms with Crippen LogP contribution in [0.25, 0.3) is 11.1 Å². The van der Waals surface area contributed by atoms with Gasteiger partial charge in [0, 0.05) is 17.7 Å². The van der Waals surface area contributed by atoms with Crippen LogP contribution in [0.2, 0.25) is 0 Å². The molecule has 0 radical (unpaired) electrons. The Morgan fingerprint density at radius 1 is 1.12 bits per heavy atom. The standard InChI is InChI=1S/C14H20N2O/c1-7(2)6-11-16-13-9(4)8(3)12(15)10(5)14(13)17-11/h7H,6,15H2,1-5H3. The predicted molar refractivity (Wildman–Crippen MR) is 71.2 cm³/mol. The molecule has 17 heavy (non-hydrogen) atoms. The first-order valence-corrected chi connectivity index (χ1v) is 6.06. The molecule has 1 aromatic heterocycles. The second-order valence-corrected chi connectivity index (χ2v) is 5.17. The summed E-state index contributed by atoms with van der Waals surface area (Å²) in [5, 5.41) is 0. The summed E-state index contributed by atoms with van der Waals surface area (Å²) >= 11 is 0. The summed E-state index contributed by atoms with van der Waals surface area (Å²) in [5.41, 5.74) is 11.9. The average Bonchev–Trinajstić information content (AvgIpc) is 2.66. The predicted octanol–water partition coefficient (Wildman–Crippen LogP) is 3.53. The van der Waals surface area contributed by atoms with Crippen LogP contribution in [0.3, 0.4) is 0 Å². The van der Waals surface area contributed by atoms with Crippen LogP contribution in [0.5, 0.6) is 0 Å². The Morgan fingerprint density at radius 2 is 1.76 bits per heavy atom. The van der Waals surface area contributed by atoms with Crippen LogP contribution < -0.4 is 5.73 Å². The molecule has 3 nitrogen and oxygen atoms in total. The molecule has 0 atom stereocenters. The van der Waals surface area contributed by atoms with E-state index in [0.717, 1.165) is 45.8 Å². The van der Waals surface area contributed by atoms with Crippen LogP contribution >= 0.6 is 0 Å². The van der Waals surface area contributed by atoms with Crippen LogP contribution in [-0.2, 0) is 6.42 Å².